The van der Waals surface area contributed by atoms with Crippen LogP contribution in [-0.2, 0) is 0 Å². The van der Waals surface area contributed by atoms with Gasteiger partial charge in [0.05, 0.1) is 18.5 Å². The van der Waals surface area contributed by atoms with Crippen molar-refractivity contribution in [1.29, 1.82) is 0 Å². The maximum atomic E-state index is 14.4. The molecule has 1 saturated heterocycles. The number of carbonyl (C=O) groups excluding carboxylic acids is 1. The molecule has 6 nitrogen and oxygen atoms in total. The summed E-state index contributed by atoms with van der Waals surface area (Å²) in [6, 6.07) is 13.7. The molecule has 28 heavy (non-hydrogen) atoms. The maximum absolute atomic E-state index is 14.4. The number of nitrogens with zero attached hydrogens (tertiary/aromatic N) is 3. The summed E-state index contributed by atoms with van der Waals surface area (Å²) < 4.78 is 21.2. The molecule has 1 fully saturated rings. The predicted octanol–water partition coefficient (Wildman–Crippen LogP) is 3.87. The van der Waals surface area contributed by atoms with E-state index in [2.05, 4.69) is 10.4 Å². The Balaban J connectivity index is 1.46. The molecule has 0 radical (unpaired) electrons. The Labute approximate surface area is 162 Å². The summed E-state index contributed by atoms with van der Waals surface area (Å²) in [5, 5.41) is 7.00. The first kappa shape index (κ1) is 18.0. The van der Waals surface area contributed by atoms with Crippen LogP contribution in [-0.4, -0.2) is 35.9 Å². The van der Waals surface area contributed by atoms with Crippen LogP contribution in [0.1, 0.15) is 23.3 Å². The Morgan fingerprint density at radius 3 is 2.54 bits per heavy atom. The minimum absolute atomic E-state index is 0.250. The number of methoxy groups -OCH3 is 1. The fraction of sp³-hybridized carbons (Fsp3) is 0.238. The zero-order valence-corrected chi connectivity index (χ0v) is 15.6. The highest BCUT2D eigenvalue weighted by atomic mass is 19.1. The minimum Gasteiger partial charge on any atom is -0.497 e. The van der Waals surface area contributed by atoms with Crippen LogP contribution in [0, 0.1) is 5.82 Å². The molecular formula is C21H21FN4O2. The lowest BCUT2D eigenvalue weighted by molar-refractivity contribution is 0.102. The summed E-state index contributed by atoms with van der Waals surface area (Å²) >= 11 is 0. The number of anilines is 2. The first-order chi connectivity index (χ1) is 13.6. The van der Waals surface area contributed by atoms with Crippen molar-refractivity contribution >= 4 is 17.3 Å². The molecule has 2 heterocycles. The number of ether oxygens (including phenoxy) is 1. The van der Waals surface area contributed by atoms with Crippen molar-refractivity contribution < 1.29 is 13.9 Å². The Hall–Kier alpha value is -3.35. The van der Waals surface area contributed by atoms with E-state index in [9.17, 15) is 9.18 Å². The standard InChI is InChI=1S/C21H21FN4O2/c1-28-17-7-5-16(6-8-17)26-13-10-19(24-26)21(27)23-15-4-9-20(18(22)14-15)25-11-2-3-12-25/h4-10,13-14H,2-3,11-12H2,1H3,(H,23,27). The third-order valence-electron chi connectivity index (χ3n) is 4.81. The second-order valence-corrected chi connectivity index (χ2v) is 6.66. The van der Waals surface area contributed by atoms with Gasteiger partial charge in [0, 0.05) is 25.0 Å². The van der Waals surface area contributed by atoms with Crippen LogP contribution in [0.15, 0.2) is 54.7 Å². The summed E-state index contributed by atoms with van der Waals surface area (Å²) in [5.41, 5.74) is 2.05. The molecule has 1 N–H and O–H groups in total. The van der Waals surface area contributed by atoms with Gasteiger partial charge in [-0.1, -0.05) is 0 Å². The Morgan fingerprint density at radius 2 is 1.86 bits per heavy atom. The lowest BCUT2D eigenvalue weighted by Crippen LogP contribution is -2.19. The van der Waals surface area contributed by atoms with Crippen molar-refractivity contribution in [1.82, 2.24) is 9.78 Å². The van der Waals surface area contributed by atoms with Crippen LogP contribution >= 0.6 is 0 Å². The lowest BCUT2D eigenvalue weighted by Gasteiger charge is -2.18. The van der Waals surface area contributed by atoms with Crippen molar-refractivity contribution in [3.05, 3.63) is 66.2 Å². The summed E-state index contributed by atoms with van der Waals surface area (Å²) in [6.45, 7) is 1.73. The number of benzene rings is 2. The number of aromatic nitrogens is 2. The Kier molecular flexibility index (Phi) is 4.97. The molecule has 1 aromatic heterocycles. The van der Waals surface area contributed by atoms with Gasteiger partial charge in [0.15, 0.2) is 5.69 Å². The first-order valence-corrected chi connectivity index (χ1v) is 9.20. The van der Waals surface area contributed by atoms with Gasteiger partial charge in [-0.3, -0.25) is 4.79 Å². The number of rotatable bonds is 5. The highest BCUT2D eigenvalue weighted by molar-refractivity contribution is 6.02. The molecule has 4 rings (SSSR count). The SMILES string of the molecule is COc1ccc(-n2ccc(C(=O)Nc3ccc(N4CCCC4)c(F)c3)n2)cc1. The maximum Gasteiger partial charge on any atom is 0.276 e. The molecule has 2 aromatic carbocycles. The van der Waals surface area contributed by atoms with E-state index in [4.69, 9.17) is 4.74 Å². The van der Waals surface area contributed by atoms with E-state index >= 15 is 0 Å². The Morgan fingerprint density at radius 1 is 1.11 bits per heavy atom. The minimum atomic E-state index is -0.388. The van der Waals surface area contributed by atoms with E-state index in [0.29, 0.717) is 11.4 Å². The van der Waals surface area contributed by atoms with Gasteiger partial charge in [-0.15, -0.1) is 0 Å². The largest absolute Gasteiger partial charge is 0.497 e. The molecule has 0 saturated carbocycles. The van der Waals surface area contributed by atoms with E-state index in [0.717, 1.165) is 37.4 Å². The molecule has 0 bridgehead atoms. The molecule has 0 atom stereocenters. The van der Waals surface area contributed by atoms with Gasteiger partial charge in [-0.2, -0.15) is 5.10 Å². The summed E-state index contributed by atoms with van der Waals surface area (Å²) in [5.74, 6) is 0.0253. The highest BCUT2D eigenvalue weighted by Gasteiger charge is 2.17. The van der Waals surface area contributed by atoms with Crippen LogP contribution in [0.2, 0.25) is 0 Å². The van der Waals surface area contributed by atoms with E-state index < -0.39 is 0 Å². The van der Waals surface area contributed by atoms with Gasteiger partial charge >= 0.3 is 0 Å². The normalized spacial score (nSPS) is 13.6. The summed E-state index contributed by atoms with van der Waals surface area (Å²) in [6.07, 6.45) is 3.86. The van der Waals surface area contributed by atoms with Gasteiger partial charge in [-0.25, -0.2) is 9.07 Å². The van der Waals surface area contributed by atoms with Crippen LogP contribution in [0.4, 0.5) is 15.8 Å². The smallest absolute Gasteiger partial charge is 0.276 e. The summed E-state index contributed by atoms with van der Waals surface area (Å²) in [4.78, 5) is 14.5. The van der Waals surface area contributed by atoms with Crippen molar-refractivity contribution in [2.24, 2.45) is 0 Å². The third-order valence-corrected chi connectivity index (χ3v) is 4.81. The first-order valence-electron chi connectivity index (χ1n) is 9.20. The quantitative estimate of drug-likeness (QED) is 0.730. The van der Waals surface area contributed by atoms with E-state index in [1.165, 1.54) is 6.07 Å². The molecule has 0 unspecified atom stereocenters. The molecule has 0 aliphatic carbocycles. The number of halogens is 1. The van der Waals surface area contributed by atoms with Gasteiger partial charge in [0.25, 0.3) is 5.91 Å². The monoisotopic (exact) mass is 380 g/mol. The predicted molar refractivity (Wildman–Crippen MR) is 106 cm³/mol. The topological polar surface area (TPSA) is 59.4 Å². The second-order valence-electron chi connectivity index (χ2n) is 6.66. The third kappa shape index (κ3) is 3.69. The number of nitrogens with one attached hydrogen (secondary N) is 1. The fourth-order valence-electron chi connectivity index (χ4n) is 3.32. The summed E-state index contributed by atoms with van der Waals surface area (Å²) in [7, 11) is 1.60. The van der Waals surface area contributed by atoms with Gasteiger partial charge in [0.2, 0.25) is 0 Å². The van der Waals surface area contributed by atoms with Gasteiger partial charge in [-0.05, 0) is 61.4 Å². The molecule has 7 heteroatoms. The van der Waals surface area contributed by atoms with Crippen LogP contribution in [0.3, 0.4) is 0 Å². The van der Waals surface area contributed by atoms with E-state index in [-0.39, 0.29) is 17.4 Å². The average molecular weight is 380 g/mol. The van der Waals surface area contributed by atoms with Crippen molar-refractivity contribution in [2.45, 2.75) is 12.8 Å². The van der Waals surface area contributed by atoms with E-state index in [1.807, 2.05) is 29.2 Å². The second kappa shape index (κ2) is 7.72. The van der Waals surface area contributed by atoms with Gasteiger partial charge < -0.3 is 15.0 Å². The number of amides is 1. The van der Waals surface area contributed by atoms with Crippen molar-refractivity contribution in [3.8, 4) is 11.4 Å². The van der Waals surface area contributed by atoms with Crippen LogP contribution < -0.4 is 15.0 Å². The zero-order valence-electron chi connectivity index (χ0n) is 15.6. The number of hydrogen-bond acceptors (Lipinski definition) is 4. The Bertz CT molecular complexity index is 978. The molecule has 1 amide bonds. The van der Waals surface area contributed by atoms with Crippen LogP contribution in [0.5, 0.6) is 5.75 Å². The molecule has 1 aliphatic heterocycles. The van der Waals surface area contributed by atoms with Crippen molar-refractivity contribution in [3.63, 3.8) is 0 Å². The molecule has 144 valence electrons. The van der Waals surface area contributed by atoms with Crippen LogP contribution in [0.25, 0.3) is 5.69 Å². The van der Waals surface area contributed by atoms with Crippen molar-refractivity contribution in [2.75, 3.05) is 30.4 Å². The number of carbonyl (C=O) groups is 1. The molecule has 0 spiro atoms. The number of hydrogen-bond donors (Lipinski definition) is 1. The fourth-order valence-corrected chi connectivity index (χ4v) is 3.32. The van der Waals surface area contributed by atoms with Gasteiger partial charge in [0.1, 0.15) is 11.6 Å². The molecular weight excluding hydrogens is 359 g/mol. The van der Waals surface area contributed by atoms with E-state index in [1.54, 1.807) is 36.2 Å². The zero-order chi connectivity index (χ0) is 19.5. The average Bonchev–Trinajstić information content (AvgIpc) is 3.40. The molecule has 3 aromatic rings. The molecule has 1 aliphatic rings. The highest BCUT2D eigenvalue weighted by Crippen LogP contribution is 2.26. The lowest BCUT2D eigenvalue weighted by atomic mass is 10.2.